The third-order valence-corrected chi connectivity index (χ3v) is 2.85. The van der Waals surface area contributed by atoms with Crippen LogP contribution in [0.25, 0.3) is 0 Å². The number of carboxylic acids is 1. The number of methoxy groups -OCH3 is 1. The van der Waals surface area contributed by atoms with Gasteiger partial charge in [0.15, 0.2) is 0 Å². The molecule has 0 saturated carbocycles. The average Bonchev–Trinajstić information content (AvgIpc) is 2.40. The Labute approximate surface area is 125 Å². The van der Waals surface area contributed by atoms with E-state index < -0.39 is 23.9 Å². The molecule has 0 aliphatic heterocycles. The number of benzene rings is 1. The first-order valence-corrected chi connectivity index (χ1v) is 6.11. The van der Waals surface area contributed by atoms with Gasteiger partial charge in [-0.05, 0) is 13.0 Å². The fraction of sp³-hybridized carbons (Fsp3) is 0.250. The molecule has 0 bridgehead atoms. The summed E-state index contributed by atoms with van der Waals surface area (Å²) in [5, 5.41) is 13.7. The topological polar surface area (TPSA) is 131 Å². The molecule has 21 heavy (non-hydrogen) atoms. The zero-order valence-electron chi connectivity index (χ0n) is 11.3. The number of rotatable bonds is 5. The lowest BCUT2D eigenvalue weighted by atomic mass is 10.2. The number of carbonyl (C=O) groups is 3. The van der Waals surface area contributed by atoms with E-state index in [1.807, 2.05) is 0 Å². The van der Waals surface area contributed by atoms with Crippen LogP contribution in [0, 0.1) is 0 Å². The lowest BCUT2D eigenvalue weighted by Crippen LogP contribution is -2.44. The monoisotopic (exact) mass is 315 g/mol. The number of carboxylic acid groups (broad SMARTS) is 1. The molecule has 114 valence electrons. The molecule has 5 N–H and O–H groups in total. The third-order valence-electron chi connectivity index (χ3n) is 2.54. The summed E-state index contributed by atoms with van der Waals surface area (Å²) >= 11 is 5.89. The molecule has 0 aliphatic carbocycles. The highest BCUT2D eigenvalue weighted by molar-refractivity contribution is 6.34. The van der Waals surface area contributed by atoms with E-state index in [0.717, 1.165) is 6.07 Å². The van der Waals surface area contributed by atoms with Crippen molar-refractivity contribution in [2.45, 2.75) is 13.0 Å². The van der Waals surface area contributed by atoms with E-state index in [4.69, 9.17) is 27.2 Å². The standard InChI is InChI=1S/C12H14ClN3O5/c1-5(10(14)17)15-12(20)16-8-4-9(21-2)6(11(18)19)3-7(8)13/h3-5H,1-2H3,(H2,14,17)(H,18,19)(H2,15,16,20). The second-order valence-electron chi connectivity index (χ2n) is 4.06. The lowest BCUT2D eigenvalue weighted by Gasteiger charge is -2.14. The molecule has 0 saturated heterocycles. The highest BCUT2D eigenvalue weighted by Gasteiger charge is 2.17. The van der Waals surface area contributed by atoms with Gasteiger partial charge in [0.1, 0.15) is 17.4 Å². The van der Waals surface area contributed by atoms with Gasteiger partial charge < -0.3 is 26.2 Å². The number of aromatic carboxylic acids is 1. The van der Waals surface area contributed by atoms with Crippen molar-refractivity contribution in [1.82, 2.24) is 5.32 Å². The minimum Gasteiger partial charge on any atom is -0.496 e. The van der Waals surface area contributed by atoms with Gasteiger partial charge in [0.2, 0.25) is 5.91 Å². The number of ether oxygens (including phenoxy) is 1. The third kappa shape index (κ3) is 4.25. The van der Waals surface area contributed by atoms with Gasteiger partial charge >= 0.3 is 12.0 Å². The zero-order chi connectivity index (χ0) is 16.2. The summed E-state index contributed by atoms with van der Waals surface area (Å²) in [6, 6.07) is 0.827. The Kier molecular flexibility index (Phi) is 5.37. The molecule has 1 rings (SSSR count). The van der Waals surface area contributed by atoms with E-state index >= 15 is 0 Å². The molecule has 9 heteroatoms. The van der Waals surface area contributed by atoms with E-state index in [2.05, 4.69) is 10.6 Å². The Morgan fingerprint density at radius 3 is 2.48 bits per heavy atom. The highest BCUT2D eigenvalue weighted by Crippen LogP contribution is 2.30. The Bertz CT molecular complexity index is 591. The second kappa shape index (κ2) is 6.80. The molecular formula is C12H14ClN3O5. The minimum atomic E-state index is -1.22. The maximum Gasteiger partial charge on any atom is 0.339 e. The average molecular weight is 316 g/mol. The molecule has 0 radical (unpaired) electrons. The van der Waals surface area contributed by atoms with Gasteiger partial charge in [0.05, 0.1) is 17.8 Å². The molecule has 0 aromatic heterocycles. The molecule has 1 aromatic rings. The fourth-order valence-corrected chi connectivity index (χ4v) is 1.62. The Balaban J connectivity index is 2.96. The van der Waals surface area contributed by atoms with Crippen molar-refractivity contribution in [2.75, 3.05) is 12.4 Å². The van der Waals surface area contributed by atoms with Crippen molar-refractivity contribution in [1.29, 1.82) is 0 Å². The number of nitrogens with two attached hydrogens (primary N) is 1. The molecular weight excluding hydrogens is 302 g/mol. The highest BCUT2D eigenvalue weighted by atomic mass is 35.5. The maximum absolute atomic E-state index is 11.7. The predicted octanol–water partition coefficient (Wildman–Crippen LogP) is 1.04. The van der Waals surface area contributed by atoms with Gasteiger partial charge in [-0.1, -0.05) is 11.6 Å². The minimum absolute atomic E-state index is 0.00933. The van der Waals surface area contributed by atoms with E-state index in [1.54, 1.807) is 0 Å². The van der Waals surface area contributed by atoms with Crippen LogP contribution >= 0.6 is 11.6 Å². The van der Waals surface area contributed by atoms with E-state index in [-0.39, 0.29) is 22.0 Å². The van der Waals surface area contributed by atoms with Gasteiger partial charge in [-0.3, -0.25) is 4.79 Å². The maximum atomic E-state index is 11.7. The summed E-state index contributed by atoms with van der Waals surface area (Å²) in [5.74, 6) is -1.88. The van der Waals surface area contributed by atoms with Crippen LogP contribution < -0.4 is 21.1 Å². The zero-order valence-corrected chi connectivity index (χ0v) is 12.0. The summed E-state index contributed by atoms with van der Waals surface area (Å²) < 4.78 is 4.92. The molecule has 0 aliphatic rings. The number of anilines is 1. The van der Waals surface area contributed by atoms with Crippen molar-refractivity contribution in [3.63, 3.8) is 0 Å². The van der Waals surface area contributed by atoms with Crippen LogP contribution in [0.3, 0.4) is 0 Å². The lowest BCUT2D eigenvalue weighted by molar-refractivity contribution is -0.119. The van der Waals surface area contributed by atoms with Crippen molar-refractivity contribution >= 4 is 35.2 Å². The van der Waals surface area contributed by atoms with Gasteiger partial charge in [-0.2, -0.15) is 0 Å². The molecule has 0 spiro atoms. The smallest absolute Gasteiger partial charge is 0.339 e. The van der Waals surface area contributed by atoms with Crippen LogP contribution in [-0.2, 0) is 4.79 Å². The Hall–Kier alpha value is -2.48. The summed E-state index contributed by atoms with van der Waals surface area (Å²) in [6.07, 6.45) is 0. The SMILES string of the molecule is COc1cc(NC(=O)NC(C)C(N)=O)c(Cl)cc1C(=O)O. The normalized spacial score (nSPS) is 11.4. The quantitative estimate of drug-likeness (QED) is 0.645. The van der Waals surface area contributed by atoms with Gasteiger partial charge in [0.25, 0.3) is 0 Å². The van der Waals surface area contributed by atoms with Gasteiger partial charge in [-0.15, -0.1) is 0 Å². The molecule has 0 heterocycles. The number of amides is 3. The Morgan fingerprint density at radius 1 is 1.38 bits per heavy atom. The van der Waals surface area contributed by atoms with Crippen LogP contribution in [0.1, 0.15) is 17.3 Å². The van der Waals surface area contributed by atoms with Crippen LogP contribution in [0.2, 0.25) is 5.02 Å². The molecule has 8 nitrogen and oxygen atoms in total. The van der Waals surface area contributed by atoms with Crippen molar-refractivity contribution in [3.05, 3.63) is 22.7 Å². The Morgan fingerprint density at radius 2 is 2.00 bits per heavy atom. The first kappa shape index (κ1) is 16.6. The number of hydrogen-bond acceptors (Lipinski definition) is 4. The largest absolute Gasteiger partial charge is 0.496 e. The number of carbonyl (C=O) groups excluding carboxylic acids is 2. The van der Waals surface area contributed by atoms with Crippen molar-refractivity contribution in [2.24, 2.45) is 5.73 Å². The number of primary amides is 1. The molecule has 1 unspecified atom stereocenters. The van der Waals surface area contributed by atoms with E-state index in [9.17, 15) is 14.4 Å². The van der Waals surface area contributed by atoms with Gasteiger partial charge in [0, 0.05) is 6.07 Å². The van der Waals surface area contributed by atoms with Crippen LogP contribution in [0.5, 0.6) is 5.75 Å². The van der Waals surface area contributed by atoms with Crippen LogP contribution in [-0.4, -0.2) is 36.2 Å². The number of urea groups is 1. The van der Waals surface area contributed by atoms with Crippen molar-refractivity contribution in [3.8, 4) is 5.75 Å². The summed E-state index contributed by atoms with van der Waals surface area (Å²) in [4.78, 5) is 33.5. The summed E-state index contributed by atoms with van der Waals surface area (Å²) in [6.45, 7) is 1.41. The van der Waals surface area contributed by atoms with Crippen LogP contribution in [0.15, 0.2) is 12.1 Å². The molecule has 1 atom stereocenters. The number of halogens is 1. The first-order chi connectivity index (χ1) is 9.76. The van der Waals surface area contributed by atoms with Crippen molar-refractivity contribution < 1.29 is 24.2 Å². The predicted molar refractivity (Wildman–Crippen MR) is 75.8 cm³/mol. The van der Waals surface area contributed by atoms with E-state index in [1.165, 1.54) is 20.1 Å². The number of hydrogen-bond donors (Lipinski definition) is 4. The summed E-state index contributed by atoms with van der Waals surface area (Å²) in [7, 11) is 1.29. The van der Waals surface area contributed by atoms with Gasteiger partial charge in [-0.25, -0.2) is 9.59 Å². The molecule has 3 amide bonds. The second-order valence-corrected chi connectivity index (χ2v) is 4.47. The first-order valence-electron chi connectivity index (χ1n) is 5.74. The fourth-order valence-electron chi connectivity index (χ4n) is 1.41. The molecule has 1 aromatic carbocycles. The van der Waals surface area contributed by atoms with Crippen LogP contribution in [0.4, 0.5) is 10.5 Å². The molecule has 0 fully saturated rings. The van der Waals surface area contributed by atoms with E-state index in [0.29, 0.717) is 0 Å². The summed E-state index contributed by atoms with van der Waals surface area (Å²) in [5.41, 5.74) is 5.01. The number of nitrogens with one attached hydrogen (secondary N) is 2.